The third-order valence-corrected chi connectivity index (χ3v) is 5.82. The molecule has 0 aliphatic heterocycles. The van der Waals surface area contributed by atoms with Gasteiger partial charge < -0.3 is 14.8 Å². The first-order valence-corrected chi connectivity index (χ1v) is 11.1. The molecule has 0 radical (unpaired) electrons. The molecule has 0 unspecified atom stereocenters. The molecule has 0 saturated heterocycles. The molecule has 0 aliphatic rings. The Morgan fingerprint density at radius 2 is 1.52 bits per heavy atom. The SMILES string of the molecule is COc1ccc(CCNC(=O)COc2ccc(S(=O)(=O)Nc3ccccc3)cc2)cc1. The average Bonchev–Trinajstić information content (AvgIpc) is 2.79. The second-order valence-corrected chi connectivity index (χ2v) is 8.36. The van der Waals surface area contributed by atoms with Gasteiger partial charge in [-0.1, -0.05) is 30.3 Å². The van der Waals surface area contributed by atoms with Gasteiger partial charge in [0.15, 0.2) is 6.61 Å². The van der Waals surface area contributed by atoms with Gasteiger partial charge in [-0.05, 0) is 60.5 Å². The minimum atomic E-state index is -3.70. The molecule has 3 aromatic rings. The number of nitrogens with one attached hydrogen (secondary N) is 2. The average molecular weight is 441 g/mol. The van der Waals surface area contributed by atoms with E-state index in [4.69, 9.17) is 9.47 Å². The Labute approximate surface area is 182 Å². The normalized spacial score (nSPS) is 10.9. The highest BCUT2D eigenvalue weighted by Crippen LogP contribution is 2.19. The lowest BCUT2D eigenvalue weighted by Gasteiger charge is -2.10. The Morgan fingerprint density at radius 3 is 2.16 bits per heavy atom. The maximum atomic E-state index is 12.4. The van der Waals surface area contributed by atoms with Crippen molar-refractivity contribution in [3.05, 3.63) is 84.4 Å². The molecule has 0 aromatic heterocycles. The number of hydrogen-bond acceptors (Lipinski definition) is 5. The first-order chi connectivity index (χ1) is 15.0. The number of amides is 1. The van der Waals surface area contributed by atoms with E-state index in [1.54, 1.807) is 37.4 Å². The van der Waals surface area contributed by atoms with E-state index in [0.717, 1.165) is 11.3 Å². The van der Waals surface area contributed by atoms with E-state index < -0.39 is 10.0 Å². The number of carbonyl (C=O) groups excluding carboxylic acids is 1. The van der Waals surface area contributed by atoms with Crippen LogP contribution in [0.25, 0.3) is 0 Å². The third-order valence-electron chi connectivity index (χ3n) is 4.42. The lowest BCUT2D eigenvalue weighted by molar-refractivity contribution is -0.123. The van der Waals surface area contributed by atoms with Gasteiger partial charge in [0.2, 0.25) is 0 Å². The molecule has 0 heterocycles. The molecule has 8 heteroatoms. The third kappa shape index (κ3) is 6.75. The fraction of sp³-hybridized carbons (Fsp3) is 0.174. The van der Waals surface area contributed by atoms with E-state index in [1.807, 2.05) is 24.3 Å². The molecule has 1 amide bonds. The molecule has 0 atom stereocenters. The summed E-state index contributed by atoms with van der Waals surface area (Å²) in [5.74, 6) is 0.941. The Kier molecular flexibility index (Phi) is 7.50. The molecule has 3 aromatic carbocycles. The van der Waals surface area contributed by atoms with Crippen LogP contribution >= 0.6 is 0 Å². The highest BCUT2D eigenvalue weighted by Gasteiger charge is 2.14. The fourth-order valence-corrected chi connectivity index (χ4v) is 3.83. The smallest absolute Gasteiger partial charge is 0.261 e. The summed E-state index contributed by atoms with van der Waals surface area (Å²) in [6, 6.07) is 22.2. The van der Waals surface area contributed by atoms with E-state index >= 15 is 0 Å². The number of benzene rings is 3. The molecule has 0 fully saturated rings. The van der Waals surface area contributed by atoms with Crippen molar-refractivity contribution in [1.82, 2.24) is 5.32 Å². The van der Waals surface area contributed by atoms with Gasteiger partial charge in [-0.3, -0.25) is 9.52 Å². The molecule has 3 rings (SSSR count). The second-order valence-electron chi connectivity index (χ2n) is 6.68. The standard InChI is InChI=1S/C23H24N2O5S/c1-29-20-9-7-18(8-10-20)15-16-24-23(26)17-30-21-11-13-22(14-12-21)31(27,28)25-19-5-3-2-4-6-19/h2-14,25H,15-17H2,1H3,(H,24,26). The Balaban J connectivity index is 1.44. The van der Waals surface area contributed by atoms with Crippen LogP contribution in [-0.2, 0) is 21.2 Å². The van der Waals surface area contributed by atoms with Crippen molar-refractivity contribution in [2.24, 2.45) is 0 Å². The fourth-order valence-electron chi connectivity index (χ4n) is 2.77. The molecule has 0 spiro atoms. The minimum Gasteiger partial charge on any atom is -0.497 e. The molecule has 0 aliphatic carbocycles. The van der Waals surface area contributed by atoms with E-state index in [1.165, 1.54) is 24.3 Å². The van der Waals surface area contributed by atoms with Gasteiger partial charge in [0.05, 0.1) is 12.0 Å². The number of para-hydroxylation sites is 1. The molecule has 0 saturated carbocycles. The molecular formula is C23H24N2O5S. The molecule has 2 N–H and O–H groups in total. The van der Waals surface area contributed by atoms with Crippen molar-refractivity contribution in [3.8, 4) is 11.5 Å². The van der Waals surface area contributed by atoms with Crippen LogP contribution in [0.5, 0.6) is 11.5 Å². The first-order valence-electron chi connectivity index (χ1n) is 9.66. The highest BCUT2D eigenvalue weighted by atomic mass is 32.2. The van der Waals surface area contributed by atoms with E-state index in [2.05, 4.69) is 10.0 Å². The maximum absolute atomic E-state index is 12.4. The zero-order valence-corrected chi connectivity index (χ0v) is 17.9. The van der Waals surface area contributed by atoms with Crippen LogP contribution in [0.15, 0.2) is 83.8 Å². The number of anilines is 1. The number of rotatable bonds is 10. The summed E-state index contributed by atoms with van der Waals surface area (Å²) in [7, 11) is -2.08. The van der Waals surface area contributed by atoms with Crippen LogP contribution in [0.4, 0.5) is 5.69 Å². The summed E-state index contributed by atoms with van der Waals surface area (Å²) in [5, 5.41) is 2.79. The number of ether oxygens (including phenoxy) is 2. The minimum absolute atomic E-state index is 0.104. The van der Waals surface area contributed by atoms with Crippen LogP contribution in [0.1, 0.15) is 5.56 Å². The lowest BCUT2D eigenvalue weighted by atomic mass is 10.1. The van der Waals surface area contributed by atoms with Gasteiger partial charge in [0.1, 0.15) is 11.5 Å². The number of methoxy groups -OCH3 is 1. The van der Waals surface area contributed by atoms with Crippen LogP contribution in [0.3, 0.4) is 0 Å². The topological polar surface area (TPSA) is 93.7 Å². The summed E-state index contributed by atoms with van der Waals surface area (Å²) in [6.45, 7) is 0.327. The van der Waals surface area contributed by atoms with Gasteiger partial charge in [0.25, 0.3) is 15.9 Å². The van der Waals surface area contributed by atoms with Gasteiger partial charge in [0, 0.05) is 12.2 Å². The quantitative estimate of drug-likeness (QED) is 0.505. The molecule has 0 bridgehead atoms. The molecule has 31 heavy (non-hydrogen) atoms. The van der Waals surface area contributed by atoms with E-state index in [-0.39, 0.29) is 17.4 Å². The lowest BCUT2D eigenvalue weighted by Crippen LogP contribution is -2.30. The van der Waals surface area contributed by atoms with Gasteiger partial charge >= 0.3 is 0 Å². The van der Waals surface area contributed by atoms with Gasteiger partial charge in [-0.15, -0.1) is 0 Å². The van der Waals surface area contributed by atoms with E-state index in [9.17, 15) is 13.2 Å². The summed E-state index contributed by atoms with van der Waals surface area (Å²) in [6.07, 6.45) is 0.691. The van der Waals surface area contributed by atoms with E-state index in [0.29, 0.717) is 24.4 Å². The largest absolute Gasteiger partial charge is 0.497 e. The summed E-state index contributed by atoms with van der Waals surface area (Å²) in [5.41, 5.74) is 1.57. The predicted molar refractivity (Wildman–Crippen MR) is 119 cm³/mol. The van der Waals surface area contributed by atoms with Crippen molar-refractivity contribution < 1.29 is 22.7 Å². The Hall–Kier alpha value is -3.52. The molecule has 7 nitrogen and oxygen atoms in total. The van der Waals surface area contributed by atoms with Gasteiger partial charge in [-0.25, -0.2) is 8.42 Å². The first kappa shape index (κ1) is 22.2. The Morgan fingerprint density at radius 1 is 0.871 bits per heavy atom. The monoisotopic (exact) mass is 440 g/mol. The number of sulfonamides is 1. The molecule has 162 valence electrons. The van der Waals surface area contributed by atoms with Crippen LogP contribution in [0.2, 0.25) is 0 Å². The van der Waals surface area contributed by atoms with Crippen LogP contribution in [-0.4, -0.2) is 34.6 Å². The second kappa shape index (κ2) is 10.5. The zero-order valence-electron chi connectivity index (χ0n) is 17.1. The highest BCUT2D eigenvalue weighted by molar-refractivity contribution is 7.92. The molecular weight excluding hydrogens is 416 g/mol. The predicted octanol–water partition coefficient (Wildman–Crippen LogP) is 3.23. The maximum Gasteiger partial charge on any atom is 0.261 e. The van der Waals surface area contributed by atoms with Crippen molar-refractivity contribution in [1.29, 1.82) is 0 Å². The summed E-state index contributed by atoms with van der Waals surface area (Å²) >= 11 is 0. The van der Waals surface area contributed by atoms with Gasteiger partial charge in [-0.2, -0.15) is 0 Å². The Bertz CT molecular complexity index is 1080. The van der Waals surface area contributed by atoms with Crippen molar-refractivity contribution in [2.75, 3.05) is 25.0 Å². The number of hydrogen-bond donors (Lipinski definition) is 2. The summed E-state index contributed by atoms with van der Waals surface area (Å²) in [4.78, 5) is 12.1. The zero-order chi connectivity index (χ0) is 22.1. The summed E-state index contributed by atoms with van der Waals surface area (Å²) < 4.78 is 37.9. The van der Waals surface area contributed by atoms with Crippen LogP contribution in [0, 0.1) is 0 Å². The van der Waals surface area contributed by atoms with Crippen molar-refractivity contribution in [3.63, 3.8) is 0 Å². The van der Waals surface area contributed by atoms with Crippen molar-refractivity contribution >= 4 is 21.6 Å². The van der Waals surface area contributed by atoms with Crippen molar-refractivity contribution in [2.45, 2.75) is 11.3 Å². The van der Waals surface area contributed by atoms with Crippen LogP contribution < -0.4 is 19.5 Å². The number of carbonyl (C=O) groups is 1.